The Hall–Kier alpha value is -1.47. The van der Waals surface area contributed by atoms with Crippen LogP contribution in [0.5, 0.6) is 0 Å². The molecule has 3 aromatic heterocycles. The molecular weight excluding hydrogens is 428 g/mol. The van der Waals surface area contributed by atoms with Crippen molar-refractivity contribution in [2.24, 2.45) is 0 Å². The first-order valence-electron chi connectivity index (χ1n) is 10.7. The van der Waals surface area contributed by atoms with Crippen LogP contribution in [-0.2, 0) is 24.1 Å². The molecule has 1 amide bonds. The third-order valence-corrected chi connectivity index (χ3v) is 7.69. The van der Waals surface area contributed by atoms with Crippen molar-refractivity contribution in [2.45, 2.75) is 51.0 Å². The number of hydrogen-bond acceptors (Lipinski definition) is 5. The number of rotatable bonds is 14. The Bertz CT molecular complexity index is 773. The smallest absolute Gasteiger partial charge is 0.237 e. The van der Waals surface area contributed by atoms with E-state index < -0.39 is 0 Å². The second kappa shape index (κ2) is 13.1. The van der Waals surface area contributed by atoms with E-state index in [-0.39, 0.29) is 11.9 Å². The highest BCUT2D eigenvalue weighted by Gasteiger charge is 2.24. The average molecular weight is 461 g/mol. The van der Waals surface area contributed by atoms with Crippen molar-refractivity contribution in [3.63, 3.8) is 0 Å². The first kappa shape index (κ1) is 23.2. The summed E-state index contributed by atoms with van der Waals surface area (Å²) in [5.74, 6) is 0.159. The molecule has 0 aliphatic carbocycles. The zero-order chi connectivity index (χ0) is 21.0. The summed E-state index contributed by atoms with van der Waals surface area (Å²) < 4.78 is 0. The Balaban J connectivity index is 1.58. The van der Waals surface area contributed by atoms with Crippen LogP contribution in [0.1, 0.15) is 42.4 Å². The molecule has 30 heavy (non-hydrogen) atoms. The van der Waals surface area contributed by atoms with Gasteiger partial charge in [0.25, 0.3) is 0 Å². The molecule has 0 spiro atoms. The van der Waals surface area contributed by atoms with E-state index in [0.29, 0.717) is 0 Å². The molecular formula is C24H32N2OS3. The van der Waals surface area contributed by atoms with Gasteiger partial charge in [-0.25, -0.2) is 0 Å². The lowest BCUT2D eigenvalue weighted by Gasteiger charge is -2.30. The first-order valence-corrected chi connectivity index (χ1v) is 13.6. The topological polar surface area (TPSA) is 32.3 Å². The van der Waals surface area contributed by atoms with Crippen LogP contribution in [0, 0.1) is 0 Å². The van der Waals surface area contributed by atoms with Gasteiger partial charge in [0.15, 0.2) is 0 Å². The van der Waals surface area contributed by atoms with Crippen molar-refractivity contribution >= 4 is 39.9 Å². The predicted molar refractivity (Wildman–Crippen MR) is 132 cm³/mol. The van der Waals surface area contributed by atoms with Gasteiger partial charge in [-0.1, -0.05) is 0 Å². The molecule has 0 radical (unpaired) electrons. The van der Waals surface area contributed by atoms with Gasteiger partial charge in [-0.2, -0.15) is 34.0 Å². The summed E-state index contributed by atoms with van der Waals surface area (Å²) in [5.41, 5.74) is 4.21. The van der Waals surface area contributed by atoms with Gasteiger partial charge in [0.05, 0.1) is 6.04 Å². The van der Waals surface area contributed by atoms with Gasteiger partial charge in [-0.3, -0.25) is 9.69 Å². The maximum Gasteiger partial charge on any atom is 0.237 e. The molecule has 3 heterocycles. The van der Waals surface area contributed by atoms with E-state index in [1.54, 1.807) is 41.1 Å². The number of carbonyl (C=O) groups excluding carboxylic acids is 1. The SMILES string of the molecule is CNC(=O)C(CCCc1ccsc1)N(CCCc1ccsc1)CCCc1ccsc1. The number of hydrogen-bond donors (Lipinski definition) is 1. The predicted octanol–water partition coefficient (Wildman–Crippen LogP) is 5.88. The third-order valence-electron chi connectivity index (χ3n) is 5.49. The standard InChI is InChI=1S/C24H32N2OS3/c1-25-24(27)23(8-2-5-20-9-14-28-17-20)26(12-3-6-21-10-15-29-18-21)13-4-7-22-11-16-30-19-22/h9-11,14-19,23H,2-8,12-13H2,1H3,(H,25,27). The van der Waals surface area contributed by atoms with Crippen molar-refractivity contribution in [1.82, 2.24) is 10.2 Å². The van der Waals surface area contributed by atoms with Crippen LogP contribution in [0.25, 0.3) is 0 Å². The zero-order valence-corrected chi connectivity index (χ0v) is 20.2. The minimum absolute atomic E-state index is 0.0430. The lowest BCUT2D eigenvalue weighted by molar-refractivity contribution is -0.126. The van der Waals surface area contributed by atoms with Crippen LogP contribution in [0.15, 0.2) is 50.5 Å². The summed E-state index contributed by atoms with van der Waals surface area (Å²) in [6.07, 6.45) is 7.35. The Morgan fingerprint density at radius 3 is 1.70 bits per heavy atom. The van der Waals surface area contributed by atoms with Crippen molar-refractivity contribution in [3.05, 3.63) is 67.2 Å². The van der Waals surface area contributed by atoms with E-state index in [9.17, 15) is 4.79 Å². The van der Waals surface area contributed by atoms with Crippen LogP contribution in [-0.4, -0.2) is 37.0 Å². The van der Waals surface area contributed by atoms with E-state index in [0.717, 1.165) is 58.0 Å². The second-order valence-electron chi connectivity index (χ2n) is 7.66. The van der Waals surface area contributed by atoms with Gasteiger partial charge < -0.3 is 5.32 Å². The lowest BCUT2D eigenvalue weighted by atomic mass is 10.0. The normalized spacial score (nSPS) is 12.3. The molecule has 0 saturated heterocycles. The van der Waals surface area contributed by atoms with Gasteiger partial charge in [0.1, 0.15) is 0 Å². The molecule has 3 aromatic rings. The molecule has 0 bridgehead atoms. The monoisotopic (exact) mass is 460 g/mol. The van der Waals surface area contributed by atoms with E-state index in [1.807, 2.05) is 0 Å². The molecule has 0 aromatic carbocycles. The highest BCUT2D eigenvalue weighted by molar-refractivity contribution is 7.08. The fourth-order valence-electron chi connectivity index (χ4n) is 3.85. The maximum absolute atomic E-state index is 12.8. The molecule has 0 saturated carbocycles. The van der Waals surface area contributed by atoms with Gasteiger partial charge in [-0.15, -0.1) is 0 Å². The van der Waals surface area contributed by atoms with Gasteiger partial charge in [0, 0.05) is 7.05 Å². The number of amides is 1. The number of nitrogens with one attached hydrogen (secondary N) is 1. The van der Waals surface area contributed by atoms with Gasteiger partial charge in [-0.05, 0) is 125 Å². The summed E-state index contributed by atoms with van der Waals surface area (Å²) in [6, 6.07) is 6.57. The highest BCUT2D eigenvalue weighted by atomic mass is 32.1. The molecule has 1 atom stereocenters. The summed E-state index contributed by atoms with van der Waals surface area (Å²) in [7, 11) is 1.77. The van der Waals surface area contributed by atoms with Crippen LogP contribution in [0.3, 0.4) is 0 Å². The number of nitrogens with zero attached hydrogens (tertiary/aromatic N) is 1. The minimum Gasteiger partial charge on any atom is -0.358 e. The van der Waals surface area contributed by atoms with Crippen molar-refractivity contribution in [2.75, 3.05) is 20.1 Å². The molecule has 1 unspecified atom stereocenters. The van der Waals surface area contributed by atoms with Crippen molar-refractivity contribution in [1.29, 1.82) is 0 Å². The lowest BCUT2D eigenvalue weighted by Crippen LogP contribution is -2.47. The molecule has 0 fully saturated rings. The van der Waals surface area contributed by atoms with Gasteiger partial charge >= 0.3 is 0 Å². The number of likely N-dealkylation sites (N-methyl/N-ethyl adjacent to an activating group) is 1. The van der Waals surface area contributed by atoms with Crippen molar-refractivity contribution < 1.29 is 4.79 Å². The van der Waals surface area contributed by atoms with Crippen LogP contribution < -0.4 is 5.32 Å². The average Bonchev–Trinajstić information content (AvgIpc) is 3.54. The first-order chi connectivity index (χ1) is 14.8. The maximum atomic E-state index is 12.8. The third kappa shape index (κ3) is 7.65. The number of thiophene rings is 3. The molecule has 0 aliphatic heterocycles. The van der Waals surface area contributed by atoms with Crippen LogP contribution in [0.4, 0.5) is 0 Å². The minimum atomic E-state index is -0.0430. The Labute approximate surface area is 192 Å². The second-order valence-corrected chi connectivity index (χ2v) is 10.0. The van der Waals surface area contributed by atoms with E-state index in [2.05, 4.69) is 60.7 Å². The zero-order valence-electron chi connectivity index (χ0n) is 17.7. The van der Waals surface area contributed by atoms with Crippen LogP contribution >= 0.6 is 34.0 Å². The van der Waals surface area contributed by atoms with Crippen molar-refractivity contribution in [3.8, 4) is 0 Å². The number of aryl methyl sites for hydroxylation is 3. The summed E-state index contributed by atoms with van der Waals surface area (Å²) >= 11 is 5.27. The largest absolute Gasteiger partial charge is 0.358 e. The highest BCUT2D eigenvalue weighted by Crippen LogP contribution is 2.17. The molecule has 0 aliphatic rings. The number of carbonyl (C=O) groups is 1. The molecule has 3 nitrogen and oxygen atoms in total. The summed E-state index contributed by atoms with van der Waals surface area (Å²) in [6.45, 7) is 1.94. The van der Waals surface area contributed by atoms with E-state index >= 15 is 0 Å². The fourth-order valence-corrected chi connectivity index (χ4v) is 5.96. The quantitative estimate of drug-likeness (QED) is 0.326. The summed E-state index contributed by atoms with van der Waals surface area (Å²) in [4.78, 5) is 15.2. The molecule has 1 N–H and O–H groups in total. The Kier molecular flexibility index (Phi) is 10.1. The molecule has 6 heteroatoms. The molecule has 3 rings (SSSR count). The van der Waals surface area contributed by atoms with Crippen LogP contribution in [0.2, 0.25) is 0 Å². The fraction of sp³-hybridized carbons (Fsp3) is 0.458. The summed E-state index contributed by atoms with van der Waals surface area (Å²) in [5, 5.41) is 16.0. The van der Waals surface area contributed by atoms with E-state index in [1.165, 1.54) is 16.7 Å². The molecule has 162 valence electrons. The van der Waals surface area contributed by atoms with E-state index in [4.69, 9.17) is 0 Å². The van der Waals surface area contributed by atoms with Gasteiger partial charge in [0.2, 0.25) is 5.91 Å². The Morgan fingerprint density at radius 1 is 0.833 bits per heavy atom. The Morgan fingerprint density at radius 2 is 1.30 bits per heavy atom.